The summed E-state index contributed by atoms with van der Waals surface area (Å²) in [4.78, 5) is 8.26. The molecule has 2 N–H and O–H groups in total. The van der Waals surface area contributed by atoms with Crippen LogP contribution in [-0.2, 0) is 0 Å². The van der Waals surface area contributed by atoms with Gasteiger partial charge in [-0.2, -0.15) is 0 Å². The second-order valence-corrected chi connectivity index (χ2v) is 11.3. The highest BCUT2D eigenvalue weighted by molar-refractivity contribution is 6.76. The zero-order chi connectivity index (χ0) is 14.0. The normalized spacial score (nSPS) is 11.8. The quantitative estimate of drug-likeness (QED) is 0.760. The maximum atomic E-state index is 9.21. The molecule has 2 rings (SSSR count). The minimum atomic E-state index is -1.62. The van der Waals surface area contributed by atoms with Gasteiger partial charge in [-0.25, -0.2) is 9.97 Å². The van der Waals surface area contributed by atoms with Gasteiger partial charge in [0.1, 0.15) is 0 Å². The molecule has 2 aromatic heterocycles. The first-order valence-electron chi connectivity index (χ1n) is 6.19. The molecule has 2 heterocycles. The molecule has 6 nitrogen and oxygen atoms in total. The van der Waals surface area contributed by atoms with E-state index < -0.39 is 15.2 Å². The molecular weight excluding hydrogens is 261 g/mol. The third kappa shape index (κ3) is 3.55. The van der Waals surface area contributed by atoms with Crippen molar-refractivity contribution in [2.24, 2.45) is 0 Å². The second kappa shape index (κ2) is 5.32. The molecule has 0 bridgehead atoms. The highest BCUT2D eigenvalue weighted by Gasteiger charge is 2.19. The number of ether oxygens (including phenoxy) is 1. The van der Waals surface area contributed by atoms with E-state index in [1.807, 2.05) is 0 Å². The van der Waals surface area contributed by atoms with Crippen LogP contribution in [0.15, 0.2) is 18.6 Å². The minimum Gasteiger partial charge on any atom is -0.475 e. The van der Waals surface area contributed by atoms with Crippen LogP contribution in [0.4, 0.5) is 0 Å². The fourth-order valence-electron chi connectivity index (χ4n) is 1.60. The Morgan fingerprint density at radius 1 is 1.37 bits per heavy atom. The minimum absolute atomic E-state index is 0.147. The number of imidazole rings is 1. The van der Waals surface area contributed by atoms with Crippen LogP contribution in [0.2, 0.25) is 25.7 Å². The molecule has 0 unspecified atom stereocenters. The van der Waals surface area contributed by atoms with Crippen molar-refractivity contribution < 1.29 is 14.8 Å². The van der Waals surface area contributed by atoms with Gasteiger partial charge in [0, 0.05) is 26.7 Å². The van der Waals surface area contributed by atoms with Crippen molar-refractivity contribution in [2.45, 2.75) is 25.7 Å². The van der Waals surface area contributed by atoms with Gasteiger partial charge in [0.15, 0.2) is 5.65 Å². The Balaban J connectivity index is 2.23. The third-order valence-corrected chi connectivity index (χ3v) is 4.42. The Hall–Kier alpha value is -1.38. The molecule has 102 valence electrons. The summed E-state index contributed by atoms with van der Waals surface area (Å²) in [6, 6.07) is 1.01. The number of rotatable bonds is 5. The molecule has 0 amide bonds. The van der Waals surface area contributed by atoms with E-state index in [-0.39, 0.29) is 5.59 Å². The van der Waals surface area contributed by atoms with Crippen LogP contribution in [0, 0.1) is 0 Å². The predicted octanol–water partition coefficient (Wildman–Crippen LogP) is 0.126. The van der Waals surface area contributed by atoms with Gasteiger partial charge in [0.25, 0.3) is 5.88 Å². The van der Waals surface area contributed by atoms with Crippen molar-refractivity contribution in [3.8, 4) is 5.88 Å². The van der Waals surface area contributed by atoms with Gasteiger partial charge in [-0.05, 0) is 6.04 Å². The van der Waals surface area contributed by atoms with E-state index in [0.717, 1.165) is 6.04 Å². The maximum absolute atomic E-state index is 9.21. The first-order valence-corrected chi connectivity index (χ1v) is 9.90. The summed E-state index contributed by atoms with van der Waals surface area (Å²) in [7, 11) is -2.80. The summed E-state index contributed by atoms with van der Waals surface area (Å²) in [5.74, 6) is 0.342. The van der Waals surface area contributed by atoms with Crippen molar-refractivity contribution in [2.75, 3.05) is 6.61 Å². The summed E-state index contributed by atoms with van der Waals surface area (Å²) in [6.07, 6.45) is 4.86. The number of aromatic nitrogens is 3. The Labute approximate surface area is 113 Å². The Morgan fingerprint density at radius 2 is 2.11 bits per heavy atom. The number of hydrogen-bond donors (Lipinski definition) is 2. The van der Waals surface area contributed by atoms with E-state index >= 15 is 0 Å². The molecule has 0 fully saturated rings. The average Bonchev–Trinajstić information content (AvgIpc) is 2.74. The molecular formula is C11H18BN3O3Si. The Kier molecular flexibility index (Phi) is 3.93. The Bertz CT molecular complexity index is 568. The van der Waals surface area contributed by atoms with Crippen LogP contribution >= 0.6 is 0 Å². The lowest BCUT2D eigenvalue weighted by Gasteiger charge is -2.16. The van der Waals surface area contributed by atoms with E-state index in [4.69, 9.17) is 4.74 Å². The smallest absolute Gasteiger partial charge is 0.475 e. The van der Waals surface area contributed by atoms with Gasteiger partial charge in [0.2, 0.25) is 0 Å². The second-order valence-electron chi connectivity index (χ2n) is 5.66. The molecule has 8 heteroatoms. The molecule has 0 saturated heterocycles. The topological polar surface area (TPSA) is 79.9 Å². The van der Waals surface area contributed by atoms with E-state index in [9.17, 15) is 10.0 Å². The van der Waals surface area contributed by atoms with E-state index in [1.165, 1.54) is 6.20 Å². The highest BCUT2D eigenvalue weighted by Crippen LogP contribution is 2.15. The molecule has 0 atom stereocenters. The monoisotopic (exact) mass is 279 g/mol. The van der Waals surface area contributed by atoms with Crippen LogP contribution in [0.3, 0.4) is 0 Å². The molecule has 19 heavy (non-hydrogen) atoms. The zero-order valence-electron chi connectivity index (χ0n) is 11.4. The van der Waals surface area contributed by atoms with E-state index in [2.05, 4.69) is 29.6 Å². The molecule has 0 spiro atoms. The van der Waals surface area contributed by atoms with Crippen LogP contribution in [0.5, 0.6) is 5.88 Å². The number of hydrogen-bond acceptors (Lipinski definition) is 5. The molecule has 2 aromatic rings. The predicted molar refractivity (Wildman–Crippen MR) is 76.5 cm³/mol. The van der Waals surface area contributed by atoms with Gasteiger partial charge < -0.3 is 19.2 Å². The van der Waals surface area contributed by atoms with E-state index in [1.54, 1.807) is 16.8 Å². The van der Waals surface area contributed by atoms with Gasteiger partial charge in [0.05, 0.1) is 12.2 Å². The van der Waals surface area contributed by atoms with Crippen molar-refractivity contribution in [1.82, 2.24) is 14.4 Å². The van der Waals surface area contributed by atoms with Crippen LogP contribution in [-0.4, -0.2) is 46.2 Å². The number of fused-ring (bicyclic) bond motifs is 1. The van der Waals surface area contributed by atoms with Crippen molar-refractivity contribution in [3.63, 3.8) is 0 Å². The third-order valence-electron chi connectivity index (χ3n) is 2.72. The molecule has 0 radical (unpaired) electrons. The lowest BCUT2D eigenvalue weighted by molar-refractivity contribution is 0.327. The molecule has 0 aliphatic heterocycles. The molecule has 0 aliphatic rings. The van der Waals surface area contributed by atoms with Gasteiger partial charge in [-0.1, -0.05) is 19.6 Å². The van der Waals surface area contributed by atoms with Crippen LogP contribution in [0.1, 0.15) is 0 Å². The summed E-state index contributed by atoms with van der Waals surface area (Å²) >= 11 is 0. The maximum Gasteiger partial charge on any atom is 0.509 e. The fraction of sp³-hybridized carbons (Fsp3) is 0.455. The SMILES string of the molecule is C[Si](C)(C)CCOc1nc(B(O)O)cn2ccnc12. The van der Waals surface area contributed by atoms with Gasteiger partial charge in [-0.15, -0.1) is 0 Å². The average molecular weight is 279 g/mol. The molecule has 0 aromatic carbocycles. The van der Waals surface area contributed by atoms with Crippen LogP contribution in [0.25, 0.3) is 5.65 Å². The first kappa shape index (κ1) is 14.0. The van der Waals surface area contributed by atoms with E-state index in [0.29, 0.717) is 18.1 Å². The van der Waals surface area contributed by atoms with Crippen molar-refractivity contribution in [3.05, 3.63) is 18.6 Å². The zero-order valence-corrected chi connectivity index (χ0v) is 12.4. The summed E-state index contributed by atoms with van der Waals surface area (Å²) in [5, 5.41) is 18.4. The summed E-state index contributed by atoms with van der Waals surface area (Å²) < 4.78 is 7.33. The Morgan fingerprint density at radius 3 is 2.74 bits per heavy atom. The molecule has 0 saturated carbocycles. The number of nitrogens with zero attached hydrogens (tertiary/aromatic N) is 3. The van der Waals surface area contributed by atoms with Crippen LogP contribution < -0.4 is 10.3 Å². The molecule has 0 aliphatic carbocycles. The van der Waals surface area contributed by atoms with Gasteiger partial charge >= 0.3 is 7.12 Å². The lowest BCUT2D eigenvalue weighted by atomic mass is 9.87. The van der Waals surface area contributed by atoms with Gasteiger partial charge in [-0.3, -0.25) is 0 Å². The fourth-order valence-corrected chi connectivity index (χ4v) is 2.31. The van der Waals surface area contributed by atoms with Crippen molar-refractivity contribution in [1.29, 1.82) is 0 Å². The standard InChI is InChI=1S/C11H18BN3O3Si/c1-19(2,3)7-6-18-11-10-13-4-5-15(10)8-9(14-11)12(16)17/h4-5,8,16-17H,6-7H2,1-3H3. The largest absolute Gasteiger partial charge is 0.509 e. The summed E-state index contributed by atoms with van der Waals surface area (Å²) in [5.41, 5.74) is 0.730. The van der Waals surface area contributed by atoms with Crippen molar-refractivity contribution >= 4 is 26.4 Å². The highest BCUT2D eigenvalue weighted by atomic mass is 28.3. The first-order chi connectivity index (χ1) is 8.87. The summed E-state index contributed by atoms with van der Waals surface area (Å²) in [6.45, 7) is 7.37. The lowest BCUT2D eigenvalue weighted by Crippen LogP contribution is -2.34.